The molecule has 2 heteroatoms. The lowest BCUT2D eigenvalue weighted by Gasteiger charge is -2.53. The van der Waals surface area contributed by atoms with Gasteiger partial charge in [0.25, 0.3) is 0 Å². The summed E-state index contributed by atoms with van der Waals surface area (Å²) in [5, 5.41) is 22.3. The molecule has 0 saturated heterocycles. The Kier molecular flexibility index (Phi) is 3.66. The minimum absolute atomic E-state index is 0.0755. The second-order valence-electron chi connectivity index (χ2n) is 8.83. The van der Waals surface area contributed by atoms with Gasteiger partial charge in [-0.1, -0.05) is 45.4 Å². The van der Waals surface area contributed by atoms with Crippen molar-refractivity contribution in [3.05, 3.63) is 23.3 Å². The summed E-state index contributed by atoms with van der Waals surface area (Å²) in [6, 6.07) is 0. The molecule has 0 spiro atoms. The van der Waals surface area contributed by atoms with Crippen LogP contribution in [-0.2, 0) is 0 Å². The van der Waals surface area contributed by atoms with Gasteiger partial charge in [0.1, 0.15) is 0 Å². The molecule has 0 aliphatic heterocycles. The maximum Gasteiger partial charge on any atom is 0.0940 e. The third-order valence-corrected chi connectivity index (χ3v) is 7.28. The van der Waals surface area contributed by atoms with E-state index in [1.807, 2.05) is 0 Å². The van der Waals surface area contributed by atoms with Crippen LogP contribution in [0.1, 0.15) is 72.6 Å². The Balaban J connectivity index is 2.10. The molecule has 0 aromatic rings. The van der Waals surface area contributed by atoms with Gasteiger partial charge in [-0.15, -0.1) is 0 Å². The van der Waals surface area contributed by atoms with Gasteiger partial charge in [-0.05, 0) is 61.9 Å². The van der Waals surface area contributed by atoms with Crippen molar-refractivity contribution in [1.82, 2.24) is 0 Å². The second kappa shape index (κ2) is 4.95. The molecule has 3 aliphatic carbocycles. The number of allylic oxidation sites excluding steroid dienone is 2. The van der Waals surface area contributed by atoms with Gasteiger partial charge in [0.05, 0.1) is 11.7 Å². The van der Waals surface area contributed by atoms with E-state index in [9.17, 15) is 10.2 Å². The summed E-state index contributed by atoms with van der Waals surface area (Å²) < 4.78 is 0. The van der Waals surface area contributed by atoms with Gasteiger partial charge in [0.2, 0.25) is 0 Å². The van der Waals surface area contributed by atoms with Crippen LogP contribution < -0.4 is 0 Å². The second-order valence-corrected chi connectivity index (χ2v) is 8.83. The van der Waals surface area contributed by atoms with Gasteiger partial charge in [0.15, 0.2) is 0 Å². The molecule has 0 amide bonds. The van der Waals surface area contributed by atoms with Crippen molar-refractivity contribution in [2.45, 2.75) is 84.3 Å². The Morgan fingerprint density at radius 1 is 1.14 bits per heavy atom. The first kappa shape index (κ1) is 16.3. The number of fused-ring (bicyclic) bond motifs is 2. The van der Waals surface area contributed by atoms with Gasteiger partial charge in [0, 0.05) is 5.41 Å². The molecule has 0 unspecified atom stereocenters. The lowest BCUT2D eigenvalue weighted by molar-refractivity contribution is -0.144. The average Bonchev–Trinajstić information content (AvgIpc) is 2.72. The van der Waals surface area contributed by atoms with E-state index < -0.39 is 17.1 Å². The van der Waals surface area contributed by atoms with E-state index in [1.165, 1.54) is 6.42 Å². The van der Waals surface area contributed by atoms with E-state index in [0.717, 1.165) is 44.1 Å². The van der Waals surface area contributed by atoms with Crippen LogP contribution >= 0.6 is 0 Å². The number of rotatable bonds is 1. The van der Waals surface area contributed by atoms with Crippen molar-refractivity contribution >= 4 is 0 Å². The van der Waals surface area contributed by atoms with Crippen molar-refractivity contribution in [2.75, 3.05) is 0 Å². The molecule has 2 fully saturated rings. The van der Waals surface area contributed by atoms with Crippen LogP contribution in [0.15, 0.2) is 23.3 Å². The number of aliphatic hydroxyl groups excluding tert-OH is 1. The fourth-order valence-corrected chi connectivity index (χ4v) is 5.56. The van der Waals surface area contributed by atoms with Crippen molar-refractivity contribution in [1.29, 1.82) is 0 Å². The molecular formula is C20H32O2. The summed E-state index contributed by atoms with van der Waals surface area (Å²) in [6.07, 6.45) is 6.00. The Hall–Kier alpha value is -0.600. The zero-order valence-electron chi connectivity index (χ0n) is 14.7. The SMILES string of the molecule is C=C1CC[C@H](O)[C@]2(C)CCC3=C(C(C)C)CC[C@@]3(C)C[C@@]12O. The summed E-state index contributed by atoms with van der Waals surface area (Å²) in [5.41, 5.74) is 2.82. The molecule has 22 heavy (non-hydrogen) atoms. The standard InChI is InChI=1S/C20H32O2/c1-13(2)15-8-10-18(4)12-20(22)14(3)6-7-17(21)19(20,5)11-9-16(15)18/h13,17,21-22H,3,6-12H2,1-2,4-5H3/t17-,18-,19-,20+/m0/s1. The molecule has 2 saturated carbocycles. The molecule has 3 rings (SSSR count). The summed E-state index contributed by atoms with van der Waals surface area (Å²) in [5.74, 6) is 0.590. The van der Waals surface area contributed by atoms with Gasteiger partial charge >= 0.3 is 0 Å². The van der Waals surface area contributed by atoms with Gasteiger partial charge in [-0.2, -0.15) is 0 Å². The van der Waals surface area contributed by atoms with E-state index in [2.05, 4.69) is 34.3 Å². The number of aliphatic hydroxyl groups is 2. The fraction of sp³-hybridized carbons (Fsp3) is 0.800. The minimum atomic E-state index is -0.923. The maximum absolute atomic E-state index is 11.6. The molecule has 0 heterocycles. The first-order chi connectivity index (χ1) is 10.1. The third kappa shape index (κ3) is 1.99. The fourth-order valence-electron chi connectivity index (χ4n) is 5.56. The van der Waals surface area contributed by atoms with Gasteiger partial charge in [-0.3, -0.25) is 0 Å². The lowest BCUT2D eigenvalue weighted by Crippen LogP contribution is -2.57. The van der Waals surface area contributed by atoms with Crippen molar-refractivity contribution < 1.29 is 10.2 Å². The predicted octanol–water partition coefficient (Wildman–Crippen LogP) is 4.37. The van der Waals surface area contributed by atoms with Crippen LogP contribution in [0.4, 0.5) is 0 Å². The Morgan fingerprint density at radius 2 is 1.82 bits per heavy atom. The average molecular weight is 304 g/mol. The highest BCUT2D eigenvalue weighted by Gasteiger charge is 2.60. The highest BCUT2D eigenvalue weighted by Crippen LogP contribution is 2.62. The molecule has 0 bridgehead atoms. The zero-order chi connectivity index (χ0) is 16.3. The molecule has 0 radical (unpaired) electrons. The van der Waals surface area contributed by atoms with Gasteiger partial charge in [-0.25, -0.2) is 0 Å². The number of hydrogen-bond acceptors (Lipinski definition) is 2. The highest BCUT2D eigenvalue weighted by molar-refractivity contribution is 5.36. The lowest BCUT2D eigenvalue weighted by atomic mass is 9.56. The van der Waals surface area contributed by atoms with Crippen LogP contribution in [0.3, 0.4) is 0 Å². The van der Waals surface area contributed by atoms with Crippen LogP contribution in [0.25, 0.3) is 0 Å². The van der Waals surface area contributed by atoms with Crippen molar-refractivity contribution in [3.63, 3.8) is 0 Å². The molecule has 3 aliphatic rings. The summed E-state index contributed by atoms with van der Waals surface area (Å²) in [7, 11) is 0. The largest absolute Gasteiger partial charge is 0.392 e. The Bertz CT molecular complexity index is 532. The quantitative estimate of drug-likeness (QED) is 0.706. The van der Waals surface area contributed by atoms with Crippen LogP contribution in [0.5, 0.6) is 0 Å². The minimum Gasteiger partial charge on any atom is -0.392 e. The maximum atomic E-state index is 11.6. The zero-order valence-corrected chi connectivity index (χ0v) is 14.7. The van der Waals surface area contributed by atoms with E-state index >= 15 is 0 Å². The highest BCUT2D eigenvalue weighted by atomic mass is 16.3. The monoisotopic (exact) mass is 304 g/mol. The molecule has 0 aromatic heterocycles. The Labute approximate surface area is 135 Å². The van der Waals surface area contributed by atoms with Crippen LogP contribution in [0.2, 0.25) is 0 Å². The molecule has 0 aromatic carbocycles. The van der Waals surface area contributed by atoms with Crippen LogP contribution in [0, 0.1) is 16.7 Å². The van der Waals surface area contributed by atoms with E-state index in [-0.39, 0.29) is 5.41 Å². The molecule has 2 N–H and O–H groups in total. The normalized spacial score (nSPS) is 45.8. The van der Waals surface area contributed by atoms with Crippen molar-refractivity contribution in [2.24, 2.45) is 16.7 Å². The molecule has 4 atom stereocenters. The smallest absolute Gasteiger partial charge is 0.0940 e. The predicted molar refractivity (Wildman–Crippen MR) is 90.5 cm³/mol. The molecule has 124 valence electrons. The summed E-state index contributed by atoms with van der Waals surface area (Å²) in [4.78, 5) is 0. The Morgan fingerprint density at radius 3 is 2.45 bits per heavy atom. The topological polar surface area (TPSA) is 40.5 Å². The van der Waals surface area contributed by atoms with Crippen LogP contribution in [-0.4, -0.2) is 21.9 Å². The van der Waals surface area contributed by atoms with E-state index in [0.29, 0.717) is 5.92 Å². The van der Waals surface area contributed by atoms with E-state index in [4.69, 9.17) is 0 Å². The first-order valence-electron chi connectivity index (χ1n) is 8.95. The number of hydrogen-bond donors (Lipinski definition) is 2. The van der Waals surface area contributed by atoms with E-state index in [1.54, 1.807) is 11.1 Å². The summed E-state index contributed by atoms with van der Waals surface area (Å²) >= 11 is 0. The first-order valence-corrected chi connectivity index (χ1v) is 8.95. The third-order valence-electron chi connectivity index (χ3n) is 7.28. The molecular weight excluding hydrogens is 272 g/mol. The summed E-state index contributed by atoms with van der Waals surface area (Å²) in [6.45, 7) is 13.2. The molecule has 2 nitrogen and oxygen atoms in total. The van der Waals surface area contributed by atoms with Gasteiger partial charge < -0.3 is 10.2 Å². The van der Waals surface area contributed by atoms with Crippen molar-refractivity contribution in [3.8, 4) is 0 Å².